The molecule has 204 valence electrons. The molecule has 3 heterocycles. The highest BCUT2D eigenvalue weighted by molar-refractivity contribution is 6.35. The van der Waals surface area contributed by atoms with Crippen molar-refractivity contribution < 1.29 is 28.6 Å². The van der Waals surface area contributed by atoms with E-state index >= 15 is 0 Å². The summed E-state index contributed by atoms with van der Waals surface area (Å²) in [6, 6.07) is 4.39. The van der Waals surface area contributed by atoms with Gasteiger partial charge < -0.3 is 25.4 Å². The molecule has 2 aliphatic heterocycles. The van der Waals surface area contributed by atoms with Crippen LogP contribution in [0.3, 0.4) is 0 Å². The number of aryl methyl sites for hydroxylation is 1. The van der Waals surface area contributed by atoms with Crippen LogP contribution in [-0.4, -0.2) is 64.6 Å². The van der Waals surface area contributed by atoms with Crippen molar-refractivity contribution in [2.75, 3.05) is 27.3 Å². The zero-order chi connectivity index (χ0) is 27.6. The normalized spacial score (nSPS) is 19.8. The number of hydrogen-bond donors (Lipinski definition) is 3. The Labute approximate surface area is 219 Å². The Balaban J connectivity index is 1.65. The molecule has 38 heavy (non-hydrogen) atoms. The minimum absolute atomic E-state index is 0.0196. The van der Waals surface area contributed by atoms with Crippen LogP contribution in [0.4, 0.5) is 4.39 Å². The average molecular weight is 530 g/mol. The van der Waals surface area contributed by atoms with Crippen molar-refractivity contribution in [1.82, 2.24) is 25.1 Å². The zero-order valence-corrected chi connectivity index (χ0v) is 21.7. The smallest absolute Gasteiger partial charge is 0.311 e. The molecule has 1 saturated carbocycles. The van der Waals surface area contributed by atoms with Gasteiger partial charge in [0.15, 0.2) is 5.69 Å². The Morgan fingerprint density at radius 2 is 2.00 bits per heavy atom. The van der Waals surface area contributed by atoms with Crippen molar-refractivity contribution >= 4 is 17.7 Å². The topological polar surface area (TPSA) is 143 Å². The predicted octanol–water partition coefficient (Wildman–Crippen LogP) is 0.947. The first-order chi connectivity index (χ1) is 18.1. The van der Waals surface area contributed by atoms with E-state index in [2.05, 4.69) is 15.6 Å². The number of hydrogen-bond acceptors (Lipinski definition) is 7. The van der Waals surface area contributed by atoms with Gasteiger partial charge in [-0.2, -0.15) is 0 Å². The fraction of sp³-hybridized carbons (Fsp3) is 0.500. The lowest BCUT2D eigenvalue weighted by atomic mass is 9.77. The standard InChI is InChI=1S/C26H32FN5O6/c1-15-12-17(4-5-18(15)27)13-28-21(34)19-20(33)23(36)32-14-16-6-8-26(9-7-16,25(32)29-19)30-22(35)24(37)31(2)10-11-38-3/h4-5,12,16,33H,6-11,13-14H2,1-3H3,(H,28,34)(H,30,35). The molecule has 0 unspecified atom stereocenters. The first-order valence-corrected chi connectivity index (χ1v) is 12.5. The first-order valence-electron chi connectivity index (χ1n) is 12.5. The highest BCUT2D eigenvalue weighted by Gasteiger charge is 2.46. The van der Waals surface area contributed by atoms with Gasteiger partial charge in [0.2, 0.25) is 5.75 Å². The minimum Gasteiger partial charge on any atom is -0.501 e. The summed E-state index contributed by atoms with van der Waals surface area (Å²) in [5.41, 5.74) is -1.37. The lowest BCUT2D eigenvalue weighted by Crippen LogP contribution is -2.54. The van der Waals surface area contributed by atoms with Crippen LogP contribution in [0.25, 0.3) is 0 Å². The average Bonchev–Trinajstić information content (AvgIpc) is 3.15. The second kappa shape index (κ2) is 10.9. The van der Waals surface area contributed by atoms with Crippen LogP contribution in [0.2, 0.25) is 0 Å². The number of halogens is 1. The highest BCUT2D eigenvalue weighted by atomic mass is 19.1. The number of aromatic hydroxyl groups is 1. The Kier molecular flexibility index (Phi) is 7.81. The Hall–Kier alpha value is -3.80. The van der Waals surface area contributed by atoms with E-state index in [4.69, 9.17) is 4.74 Å². The van der Waals surface area contributed by atoms with Gasteiger partial charge in [-0.25, -0.2) is 9.37 Å². The van der Waals surface area contributed by atoms with Crippen LogP contribution in [0.15, 0.2) is 23.0 Å². The maximum atomic E-state index is 13.6. The SMILES string of the molecule is COCCN(C)C(=O)C(=O)NC12CCC(CC1)Cn1c2nc(C(=O)NCc2ccc(F)c(C)c2)c(O)c1=O. The third-order valence-corrected chi connectivity index (χ3v) is 7.39. The maximum Gasteiger partial charge on any atom is 0.311 e. The summed E-state index contributed by atoms with van der Waals surface area (Å²) in [6.07, 6.45) is 2.18. The van der Waals surface area contributed by atoms with E-state index in [1.807, 2.05) is 0 Å². The number of amides is 3. The molecule has 3 N–H and O–H groups in total. The molecular weight excluding hydrogens is 497 g/mol. The molecule has 0 radical (unpaired) electrons. The Morgan fingerprint density at radius 1 is 1.29 bits per heavy atom. The highest BCUT2D eigenvalue weighted by Crippen LogP contribution is 2.43. The molecule has 5 rings (SSSR count). The molecule has 1 fully saturated rings. The van der Waals surface area contributed by atoms with Gasteiger partial charge >= 0.3 is 11.8 Å². The van der Waals surface area contributed by atoms with Crippen LogP contribution in [0.1, 0.15) is 53.1 Å². The summed E-state index contributed by atoms with van der Waals surface area (Å²) >= 11 is 0. The molecule has 2 bridgehead atoms. The summed E-state index contributed by atoms with van der Waals surface area (Å²) in [5.74, 6) is -3.30. The number of carbonyl (C=O) groups is 3. The molecule has 11 nitrogen and oxygen atoms in total. The molecule has 12 heteroatoms. The number of ether oxygens (including phenoxy) is 1. The van der Waals surface area contributed by atoms with Gasteiger partial charge in [0.05, 0.1) is 12.1 Å². The van der Waals surface area contributed by atoms with Gasteiger partial charge in [-0.1, -0.05) is 12.1 Å². The van der Waals surface area contributed by atoms with E-state index in [1.165, 1.54) is 35.8 Å². The van der Waals surface area contributed by atoms with Crippen molar-refractivity contribution in [1.29, 1.82) is 0 Å². The molecule has 1 aromatic carbocycles. The number of likely N-dealkylation sites (N-methyl/N-ethyl adjacent to an activating group) is 1. The quantitative estimate of drug-likeness (QED) is 0.453. The number of carbonyl (C=O) groups excluding carboxylic acids is 3. The van der Waals surface area contributed by atoms with Gasteiger partial charge in [0.25, 0.3) is 11.5 Å². The molecule has 0 atom stereocenters. The number of benzene rings is 1. The van der Waals surface area contributed by atoms with Gasteiger partial charge in [-0.3, -0.25) is 23.7 Å². The predicted molar refractivity (Wildman–Crippen MR) is 134 cm³/mol. The van der Waals surface area contributed by atoms with E-state index < -0.39 is 40.3 Å². The van der Waals surface area contributed by atoms with Crippen molar-refractivity contribution in [2.45, 2.75) is 51.2 Å². The summed E-state index contributed by atoms with van der Waals surface area (Å²) in [4.78, 5) is 57.6. The molecule has 0 saturated heterocycles. The molecule has 0 spiro atoms. The zero-order valence-electron chi connectivity index (χ0n) is 21.7. The van der Waals surface area contributed by atoms with Crippen molar-refractivity contribution in [3.05, 3.63) is 57.0 Å². The summed E-state index contributed by atoms with van der Waals surface area (Å²) in [5, 5.41) is 16.1. The van der Waals surface area contributed by atoms with Crippen LogP contribution < -0.4 is 16.2 Å². The number of aromatic nitrogens is 2. The molecule has 3 amide bonds. The van der Waals surface area contributed by atoms with Crippen LogP contribution in [0, 0.1) is 18.7 Å². The van der Waals surface area contributed by atoms with Gasteiger partial charge in [0, 0.05) is 33.8 Å². The van der Waals surface area contributed by atoms with E-state index in [-0.39, 0.29) is 43.8 Å². The number of nitrogens with one attached hydrogen (secondary N) is 2. The Morgan fingerprint density at radius 3 is 2.66 bits per heavy atom. The molecule has 3 aliphatic rings. The van der Waals surface area contributed by atoms with E-state index in [1.54, 1.807) is 13.0 Å². The van der Waals surface area contributed by atoms with Gasteiger partial charge in [-0.05, 0) is 55.7 Å². The van der Waals surface area contributed by atoms with E-state index in [0.717, 1.165) is 0 Å². The lowest BCUT2D eigenvalue weighted by molar-refractivity contribution is -0.146. The van der Waals surface area contributed by atoms with Gasteiger partial charge in [0.1, 0.15) is 11.6 Å². The van der Waals surface area contributed by atoms with Crippen LogP contribution in [-0.2, 0) is 33.0 Å². The molecule has 1 aromatic heterocycles. The minimum atomic E-state index is -1.15. The summed E-state index contributed by atoms with van der Waals surface area (Å²) < 4.78 is 19.9. The lowest BCUT2D eigenvalue weighted by Gasteiger charge is -2.37. The third kappa shape index (κ3) is 5.26. The van der Waals surface area contributed by atoms with Crippen molar-refractivity contribution in [3.63, 3.8) is 0 Å². The Bertz CT molecular complexity index is 1320. The fourth-order valence-electron chi connectivity index (χ4n) is 5.11. The van der Waals surface area contributed by atoms with E-state index in [9.17, 15) is 28.7 Å². The van der Waals surface area contributed by atoms with Crippen molar-refractivity contribution in [3.8, 4) is 5.75 Å². The molecule has 1 aliphatic carbocycles. The van der Waals surface area contributed by atoms with Crippen LogP contribution in [0.5, 0.6) is 5.75 Å². The molecular formula is C26H32FN5O6. The summed E-state index contributed by atoms with van der Waals surface area (Å²) in [6.45, 7) is 2.38. The molecule has 2 aromatic rings. The summed E-state index contributed by atoms with van der Waals surface area (Å²) in [7, 11) is 2.98. The largest absolute Gasteiger partial charge is 0.501 e. The third-order valence-electron chi connectivity index (χ3n) is 7.39. The van der Waals surface area contributed by atoms with Crippen LogP contribution >= 0.6 is 0 Å². The van der Waals surface area contributed by atoms with Gasteiger partial charge in [-0.15, -0.1) is 0 Å². The fourth-order valence-corrected chi connectivity index (χ4v) is 5.11. The van der Waals surface area contributed by atoms with E-state index in [0.29, 0.717) is 36.8 Å². The van der Waals surface area contributed by atoms with Crippen molar-refractivity contribution in [2.24, 2.45) is 5.92 Å². The monoisotopic (exact) mass is 529 g/mol. The first kappa shape index (κ1) is 27.2. The number of nitrogens with zero attached hydrogens (tertiary/aromatic N) is 3. The number of fused-ring (bicyclic) bond motifs is 2. The number of methoxy groups -OCH3 is 1. The number of rotatable bonds is 7. The second-order valence-electron chi connectivity index (χ2n) is 10.0. The second-order valence-corrected chi connectivity index (χ2v) is 10.0. The maximum absolute atomic E-state index is 13.6.